The Balaban J connectivity index is 1.53. The number of benzene rings is 1. The number of alkyl halides is 3. The highest BCUT2D eigenvalue weighted by Gasteiger charge is 2.43. The zero-order chi connectivity index (χ0) is 20.8. The van der Waals surface area contributed by atoms with E-state index in [0.29, 0.717) is 17.3 Å². The molecule has 3 heterocycles. The molecule has 0 spiro atoms. The van der Waals surface area contributed by atoms with Gasteiger partial charge in [0.15, 0.2) is 0 Å². The lowest BCUT2D eigenvalue weighted by molar-refractivity contribution is -0.182. The number of hydrogen-bond donors (Lipinski definition) is 1. The summed E-state index contributed by atoms with van der Waals surface area (Å²) < 4.78 is 46.1. The predicted octanol–water partition coefficient (Wildman–Crippen LogP) is 1.56. The Kier molecular flexibility index (Phi) is 4.67. The summed E-state index contributed by atoms with van der Waals surface area (Å²) in [7, 11) is 1.56. The molecule has 1 aromatic heterocycles. The van der Waals surface area contributed by atoms with Gasteiger partial charge in [0, 0.05) is 20.0 Å². The Morgan fingerprint density at radius 1 is 1.28 bits per heavy atom. The Morgan fingerprint density at radius 3 is 2.79 bits per heavy atom. The summed E-state index contributed by atoms with van der Waals surface area (Å²) in [4.78, 5) is 26.8. The minimum atomic E-state index is -4.37. The first-order valence-electron chi connectivity index (χ1n) is 9.04. The van der Waals surface area contributed by atoms with E-state index in [1.807, 2.05) is 0 Å². The van der Waals surface area contributed by atoms with Crippen LogP contribution in [0, 0.1) is 5.92 Å². The number of carbonyl (C=O) groups is 2. The molecule has 2 amide bonds. The monoisotopic (exact) mass is 409 g/mol. The van der Waals surface area contributed by atoms with Crippen LogP contribution >= 0.6 is 0 Å². The van der Waals surface area contributed by atoms with E-state index in [1.165, 1.54) is 9.47 Å². The number of aromatic nitrogens is 3. The Morgan fingerprint density at radius 2 is 2.03 bits per heavy atom. The van der Waals surface area contributed by atoms with Gasteiger partial charge in [0.2, 0.25) is 5.82 Å². The van der Waals surface area contributed by atoms with Crippen LogP contribution in [-0.2, 0) is 17.8 Å². The average Bonchev–Trinajstić information content (AvgIpc) is 3.08. The first kappa shape index (κ1) is 19.2. The molecule has 2 atom stereocenters. The predicted molar refractivity (Wildman–Crippen MR) is 94.5 cm³/mol. The number of ether oxygens (including phenoxy) is 1. The van der Waals surface area contributed by atoms with Gasteiger partial charge in [-0.25, -0.2) is 0 Å². The fraction of sp³-hybridized carbons (Fsp3) is 0.444. The molecule has 2 aliphatic rings. The summed E-state index contributed by atoms with van der Waals surface area (Å²) in [6, 6.07) is 5.91. The largest absolute Gasteiger partial charge is 0.489 e. The SMILES string of the molecule is CN1C(=O)[C@@H](NC(=O)c2nnc3n2CC(C(F)(F)F)CC3)COc2ccccc21. The molecule has 1 unspecified atom stereocenters. The number of nitrogens with one attached hydrogen (secondary N) is 1. The van der Waals surface area contributed by atoms with E-state index in [1.54, 1.807) is 31.3 Å². The summed E-state index contributed by atoms with van der Waals surface area (Å²) in [5, 5.41) is 10.1. The second-order valence-corrected chi connectivity index (χ2v) is 7.03. The summed E-state index contributed by atoms with van der Waals surface area (Å²) in [6.07, 6.45) is -4.38. The van der Waals surface area contributed by atoms with Crippen molar-refractivity contribution in [3.63, 3.8) is 0 Å². The third-order valence-electron chi connectivity index (χ3n) is 5.18. The number of carbonyl (C=O) groups excluding carboxylic acids is 2. The molecule has 0 bridgehead atoms. The number of halogens is 3. The highest BCUT2D eigenvalue weighted by molar-refractivity contribution is 6.02. The fourth-order valence-electron chi connectivity index (χ4n) is 3.54. The number of likely N-dealkylation sites (N-methyl/N-ethyl adjacent to an activating group) is 1. The second kappa shape index (κ2) is 7.05. The van der Waals surface area contributed by atoms with Gasteiger partial charge in [0.25, 0.3) is 11.8 Å². The van der Waals surface area contributed by atoms with Crippen molar-refractivity contribution in [3.05, 3.63) is 35.9 Å². The van der Waals surface area contributed by atoms with Crippen molar-refractivity contribution in [3.8, 4) is 5.75 Å². The summed E-state index contributed by atoms with van der Waals surface area (Å²) >= 11 is 0. The molecule has 2 aliphatic heterocycles. The van der Waals surface area contributed by atoms with E-state index in [2.05, 4.69) is 15.5 Å². The van der Waals surface area contributed by atoms with Crippen molar-refractivity contribution in [1.82, 2.24) is 20.1 Å². The van der Waals surface area contributed by atoms with Crippen LogP contribution in [-0.4, -0.2) is 52.5 Å². The third kappa shape index (κ3) is 3.52. The number of nitrogens with zero attached hydrogens (tertiary/aromatic N) is 4. The average molecular weight is 409 g/mol. The van der Waals surface area contributed by atoms with E-state index in [9.17, 15) is 22.8 Å². The summed E-state index contributed by atoms with van der Waals surface area (Å²) in [5.41, 5.74) is 0.558. The number of para-hydroxylation sites is 2. The van der Waals surface area contributed by atoms with E-state index in [4.69, 9.17) is 4.74 Å². The van der Waals surface area contributed by atoms with Crippen molar-refractivity contribution in [2.45, 2.75) is 31.6 Å². The zero-order valence-corrected chi connectivity index (χ0v) is 15.4. The lowest BCUT2D eigenvalue weighted by Gasteiger charge is -2.26. The number of rotatable bonds is 2. The van der Waals surface area contributed by atoms with Crippen molar-refractivity contribution in [1.29, 1.82) is 0 Å². The number of hydrogen-bond acceptors (Lipinski definition) is 5. The smallest absolute Gasteiger partial charge is 0.393 e. The van der Waals surface area contributed by atoms with Crippen LogP contribution in [0.2, 0.25) is 0 Å². The van der Waals surface area contributed by atoms with E-state index < -0.39 is 36.5 Å². The number of amides is 2. The van der Waals surface area contributed by atoms with Gasteiger partial charge in [-0.2, -0.15) is 13.2 Å². The van der Waals surface area contributed by atoms with Gasteiger partial charge in [-0.15, -0.1) is 10.2 Å². The maximum Gasteiger partial charge on any atom is 0.393 e. The van der Waals surface area contributed by atoms with Crippen LogP contribution in [0.1, 0.15) is 22.9 Å². The van der Waals surface area contributed by atoms with E-state index in [0.717, 1.165) is 0 Å². The van der Waals surface area contributed by atoms with Gasteiger partial charge in [-0.05, 0) is 18.6 Å². The standard InChI is InChI=1S/C18H18F3N5O3/c1-25-12-4-2-3-5-13(12)29-9-11(17(25)28)22-16(27)15-24-23-14-7-6-10(8-26(14)15)18(19,20)21/h2-5,10-11H,6-9H2,1H3,(H,22,27)/t10?,11-/m0/s1. The van der Waals surface area contributed by atoms with Crippen LogP contribution in [0.5, 0.6) is 5.75 Å². The van der Waals surface area contributed by atoms with Crippen molar-refractivity contribution in [2.75, 3.05) is 18.6 Å². The van der Waals surface area contributed by atoms with Crippen LogP contribution in [0.4, 0.5) is 18.9 Å². The van der Waals surface area contributed by atoms with Gasteiger partial charge in [-0.3, -0.25) is 9.59 Å². The first-order valence-corrected chi connectivity index (χ1v) is 9.04. The topological polar surface area (TPSA) is 89.4 Å². The fourth-order valence-corrected chi connectivity index (χ4v) is 3.54. The van der Waals surface area contributed by atoms with Crippen LogP contribution in [0.15, 0.2) is 24.3 Å². The normalized spacial score (nSPS) is 21.7. The van der Waals surface area contributed by atoms with Crippen molar-refractivity contribution < 1.29 is 27.5 Å². The quantitative estimate of drug-likeness (QED) is 0.813. The number of aryl methyl sites for hydroxylation is 1. The van der Waals surface area contributed by atoms with Crippen molar-refractivity contribution in [2.24, 2.45) is 5.92 Å². The molecule has 2 aromatic rings. The number of fused-ring (bicyclic) bond motifs is 2. The van der Waals surface area contributed by atoms with E-state index >= 15 is 0 Å². The lowest BCUT2D eigenvalue weighted by atomic mass is 9.99. The maximum absolute atomic E-state index is 13.1. The molecule has 4 rings (SSSR count). The van der Waals surface area contributed by atoms with Crippen molar-refractivity contribution >= 4 is 17.5 Å². The second-order valence-electron chi connectivity index (χ2n) is 7.03. The first-order chi connectivity index (χ1) is 13.8. The van der Waals surface area contributed by atoms with Gasteiger partial charge >= 0.3 is 6.18 Å². The van der Waals surface area contributed by atoms with Gasteiger partial charge < -0.3 is 19.5 Å². The highest BCUT2D eigenvalue weighted by Crippen LogP contribution is 2.34. The van der Waals surface area contributed by atoms with Gasteiger partial charge in [0.05, 0.1) is 11.6 Å². The van der Waals surface area contributed by atoms with Crippen LogP contribution in [0.3, 0.4) is 0 Å². The molecule has 0 saturated heterocycles. The highest BCUT2D eigenvalue weighted by atomic mass is 19.4. The minimum Gasteiger partial charge on any atom is -0.489 e. The third-order valence-corrected chi connectivity index (χ3v) is 5.18. The zero-order valence-electron chi connectivity index (χ0n) is 15.4. The van der Waals surface area contributed by atoms with Crippen LogP contribution < -0.4 is 15.0 Å². The molecule has 1 N–H and O–H groups in total. The van der Waals surface area contributed by atoms with Gasteiger partial charge in [0.1, 0.15) is 24.2 Å². The molecule has 0 fully saturated rings. The molecular formula is C18H18F3N5O3. The molecule has 0 radical (unpaired) electrons. The Hall–Kier alpha value is -3.11. The molecular weight excluding hydrogens is 391 g/mol. The molecule has 29 heavy (non-hydrogen) atoms. The Labute approximate surface area is 163 Å². The molecule has 154 valence electrons. The molecule has 1 aromatic carbocycles. The van der Waals surface area contributed by atoms with E-state index in [-0.39, 0.29) is 25.3 Å². The summed E-state index contributed by atoms with van der Waals surface area (Å²) in [5.74, 6) is -2.17. The summed E-state index contributed by atoms with van der Waals surface area (Å²) in [6.45, 7) is -0.535. The molecule has 8 nitrogen and oxygen atoms in total. The Bertz CT molecular complexity index is 958. The van der Waals surface area contributed by atoms with Gasteiger partial charge in [-0.1, -0.05) is 12.1 Å². The van der Waals surface area contributed by atoms with Crippen LogP contribution in [0.25, 0.3) is 0 Å². The molecule has 0 saturated carbocycles. The minimum absolute atomic E-state index is 0.0774. The maximum atomic E-state index is 13.1. The lowest BCUT2D eigenvalue weighted by Crippen LogP contribution is -2.50. The molecule has 0 aliphatic carbocycles. The number of anilines is 1. The molecule has 11 heteroatoms.